The molecule has 74 valence electrons. The van der Waals surface area contributed by atoms with Crippen molar-refractivity contribution in [2.75, 3.05) is 12.8 Å². The van der Waals surface area contributed by atoms with Gasteiger partial charge in [0.2, 0.25) is 0 Å². The van der Waals surface area contributed by atoms with Crippen LogP contribution in [-0.2, 0) is 7.05 Å². The smallest absolute Gasteiger partial charge is 0.146 e. The van der Waals surface area contributed by atoms with Crippen molar-refractivity contribution >= 4 is 16.6 Å². The van der Waals surface area contributed by atoms with Crippen molar-refractivity contribution in [1.29, 1.82) is 0 Å². The number of nitrogens with two attached hydrogens (primary N) is 1. The minimum absolute atomic E-state index is 0.699. The Bertz CT molecular complexity index is 488. The van der Waals surface area contributed by atoms with Gasteiger partial charge in [0.1, 0.15) is 11.3 Å². The quantitative estimate of drug-likeness (QED) is 0.694. The Labute approximate surface area is 82.3 Å². The third-order valence-electron chi connectivity index (χ3n) is 2.33. The second kappa shape index (κ2) is 2.90. The van der Waals surface area contributed by atoms with Gasteiger partial charge in [-0.3, -0.25) is 4.68 Å². The number of fused-ring (bicyclic) bond motifs is 1. The van der Waals surface area contributed by atoms with Gasteiger partial charge in [-0.05, 0) is 13.0 Å². The van der Waals surface area contributed by atoms with Crippen LogP contribution in [0.15, 0.2) is 12.1 Å². The number of hydrogen-bond donors (Lipinski definition) is 1. The van der Waals surface area contributed by atoms with Crippen molar-refractivity contribution < 1.29 is 4.74 Å². The minimum atomic E-state index is 0.699. The van der Waals surface area contributed by atoms with Gasteiger partial charge < -0.3 is 10.5 Å². The Morgan fingerprint density at radius 3 is 2.79 bits per heavy atom. The fourth-order valence-corrected chi connectivity index (χ4v) is 1.72. The van der Waals surface area contributed by atoms with E-state index in [1.807, 2.05) is 30.8 Å². The lowest BCUT2D eigenvalue weighted by Crippen LogP contribution is -1.94. The lowest BCUT2D eigenvalue weighted by molar-refractivity contribution is 0.417. The molecule has 2 aromatic rings. The van der Waals surface area contributed by atoms with Crippen LogP contribution in [0.25, 0.3) is 10.9 Å². The van der Waals surface area contributed by atoms with Crippen molar-refractivity contribution in [2.45, 2.75) is 6.92 Å². The molecule has 0 bridgehead atoms. The number of methoxy groups -OCH3 is 1. The topological polar surface area (TPSA) is 53.1 Å². The molecule has 0 radical (unpaired) electrons. The number of hydrogen-bond acceptors (Lipinski definition) is 3. The van der Waals surface area contributed by atoms with Gasteiger partial charge in [-0.15, -0.1) is 0 Å². The zero-order valence-electron chi connectivity index (χ0n) is 8.53. The van der Waals surface area contributed by atoms with E-state index in [4.69, 9.17) is 10.5 Å². The predicted molar refractivity (Wildman–Crippen MR) is 56.4 cm³/mol. The van der Waals surface area contributed by atoms with Crippen LogP contribution >= 0.6 is 0 Å². The summed E-state index contributed by atoms with van der Waals surface area (Å²) in [5, 5.41) is 5.37. The number of benzene rings is 1. The maximum absolute atomic E-state index is 5.76. The molecule has 2 rings (SSSR count). The van der Waals surface area contributed by atoms with Crippen LogP contribution < -0.4 is 10.5 Å². The molecular formula is C10H13N3O. The molecule has 0 saturated carbocycles. The third kappa shape index (κ3) is 1.11. The number of nitrogens with zero attached hydrogens (tertiary/aromatic N) is 2. The summed E-state index contributed by atoms with van der Waals surface area (Å²) < 4.78 is 7.07. The Hall–Kier alpha value is -1.71. The summed E-state index contributed by atoms with van der Waals surface area (Å²) in [5.74, 6) is 0.767. The van der Waals surface area contributed by atoms with Gasteiger partial charge in [0.25, 0.3) is 0 Å². The summed E-state index contributed by atoms with van der Waals surface area (Å²) in [7, 11) is 3.53. The lowest BCUT2D eigenvalue weighted by Gasteiger charge is -2.04. The van der Waals surface area contributed by atoms with Crippen LogP contribution in [-0.4, -0.2) is 16.9 Å². The lowest BCUT2D eigenvalue weighted by atomic mass is 10.2. The van der Waals surface area contributed by atoms with E-state index in [0.29, 0.717) is 5.69 Å². The molecule has 4 heteroatoms. The number of aryl methyl sites for hydroxylation is 2. The molecule has 4 nitrogen and oxygen atoms in total. The summed E-state index contributed by atoms with van der Waals surface area (Å²) >= 11 is 0. The predicted octanol–water partition coefficient (Wildman–Crippen LogP) is 1.47. The number of ether oxygens (including phenoxy) is 1. The molecule has 0 aliphatic heterocycles. The van der Waals surface area contributed by atoms with Crippen LogP contribution in [0.5, 0.6) is 5.75 Å². The highest BCUT2D eigenvalue weighted by atomic mass is 16.5. The van der Waals surface area contributed by atoms with E-state index in [-0.39, 0.29) is 0 Å². The molecule has 1 aromatic carbocycles. The first-order valence-corrected chi connectivity index (χ1v) is 4.40. The monoisotopic (exact) mass is 191 g/mol. The van der Waals surface area contributed by atoms with Crippen LogP contribution in [0.4, 0.5) is 5.69 Å². The first-order valence-electron chi connectivity index (χ1n) is 4.40. The van der Waals surface area contributed by atoms with Gasteiger partial charge in [-0.1, -0.05) is 0 Å². The van der Waals surface area contributed by atoms with Crippen LogP contribution in [0.3, 0.4) is 0 Å². The molecule has 0 spiro atoms. The average molecular weight is 191 g/mol. The molecule has 14 heavy (non-hydrogen) atoms. The molecule has 0 aliphatic carbocycles. The Morgan fingerprint density at radius 1 is 1.43 bits per heavy atom. The SMILES string of the molecule is COc1cc(N)cc2c(C)nn(C)c12. The highest BCUT2D eigenvalue weighted by Gasteiger charge is 2.10. The summed E-state index contributed by atoms with van der Waals surface area (Å²) in [5.41, 5.74) is 8.41. The number of nitrogen functional groups attached to an aromatic ring is 1. The molecule has 0 unspecified atom stereocenters. The van der Waals surface area contributed by atoms with Gasteiger partial charge in [-0.25, -0.2) is 0 Å². The zero-order chi connectivity index (χ0) is 10.3. The maximum atomic E-state index is 5.76. The van der Waals surface area contributed by atoms with E-state index < -0.39 is 0 Å². The molecule has 2 N–H and O–H groups in total. The summed E-state index contributed by atoms with van der Waals surface area (Å²) in [6.45, 7) is 1.96. The largest absolute Gasteiger partial charge is 0.494 e. The maximum Gasteiger partial charge on any atom is 0.146 e. The van der Waals surface area contributed by atoms with E-state index in [1.54, 1.807) is 7.11 Å². The third-order valence-corrected chi connectivity index (χ3v) is 2.33. The standard InChI is InChI=1S/C10H13N3O/c1-6-8-4-7(11)5-9(14-3)10(8)13(2)12-6/h4-5H,11H2,1-3H3. The van der Waals surface area contributed by atoms with Crippen molar-refractivity contribution in [1.82, 2.24) is 9.78 Å². The summed E-state index contributed by atoms with van der Waals surface area (Å²) in [6, 6.07) is 3.73. The molecule has 1 aromatic heterocycles. The van der Waals surface area contributed by atoms with Gasteiger partial charge in [0, 0.05) is 24.2 Å². The van der Waals surface area contributed by atoms with E-state index in [1.165, 1.54) is 0 Å². The summed E-state index contributed by atoms with van der Waals surface area (Å²) in [4.78, 5) is 0. The van der Waals surface area contributed by atoms with Crippen molar-refractivity contribution in [2.24, 2.45) is 7.05 Å². The minimum Gasteiger partial charge on any atom is -0.494 e. The highest BCUT2D eigenvalue weighted by molar-refractivity contribution is 5.90. The zero-order valence-corrected chi connectivity index (χ0v) is 8.53. The van der Waals surface area contributed by atoms with Crippen LogP contribution in [0, 0.1) is 6.92 Å². The van der Waals surface area contributed by atoms with Crippen molar-refractivity contribution in [3.05, 3.63) is 17.8 Å². The second-order valence-electron chi connectivity index (χ2n) is 3.33. The van der Waals surface area contributed by atoms with Crippen molar-refractivity contribution in [3.8, 4) is 5.75 Å². The van der Waals surface area contributed by atoms with Gasteiger partial charge in [0.15, 0.2) is 0 Å². The van der Waals surface area contributed by atoms with E-state index in [9.17, 15) is 0 Å². The number of aromatic nitrogens is 2. The summed E-state index contributed by atoms with van der Waals surface area (Å²) in [6.07, 6.45) is 0. The Morgan fingerprint density at radius 2 is 2.14 bits per heavy atom. The van der Waals surface area contributed by atoms with E-state index in [2.05, 4.69) is 5.10 Å². The Kier molecular flexibility index (Phi) is 1.84. The first-order chi connectivity index (χ1) is 6.63. The average Bonchev–Trinajstić information content (AvgIpc) is 2.41. The molecule has 0 fully saturated rings. The van der Waals surface area contributed by atoms with Gasteiger partial charge in [0.05, 0.1) is 12.8 Å². The fraction of sp³-hybridized carbons (Fsp3) is 0.300. The van der Waals surface area contributed by atoms with Crippen LogP contribution in [0.1, 0.15) is 5.69 Å². The fourth-order valence-electron chi connectivity index (χ4n) is 1.72. The molecule has 0 aliphatic rings. The number of anilines is 1. The Balaban J connectivity index is 2.90. The van der Waals surface area contributed by atoms with Crippen molar-refractivity contribution in [3.63, 3.8) is 0 Å². The highest BCUT2D eigenvalue weighted by Crippen LogP contribution is 2.29. The van der Waals surface area contributed by atoms with Gasteiger partial charge >= 0.3 is 0 Å². The normalized spacial score (nSPS) is 10.8. The second-order valence-corrected chi connectivity index (χ2v) is 3.33. The molecular weight excluding hydrogens is 178 g/mol. The van der Waals surface area contributed by atoms with Gasteiger partial charge in [-0.2, -0.15) is 5.10 Å². The molecule has 0 saturated heterocycles. The first kappa shape index (κ1) is 8.87. The van der Waals surface area contributed by atoms with Crippen LogP contribution in [0.2, 0.25) is 0 Å². The van der Waals surface area contributed by atoms with E-state index >= 15 is 0 Å². The molecule has 0 amide bonds. The molecule has 0 atom stereocenters. The molecule has 1 heterocycles. The number of rotatable bonds is 1. The van der Waals surface area contributed by atoms with E-state index in [0.717, 1.165) is 22.3 Å².